The largest absolute Gasteiger partial charge is 0.497 e. The number of aromatic nitrogens is 1. The normalized spacial score (nSPS) is 19.4. The number of hydrogen-bond acceptors (Lipinski definition) is 6. The summed E-state index contributed by atoms with van der Waals surface area (Å²) in [4.78, 5) is 19.5. The number of aliphatic hydroxyl groups excluding tert-OH is 1. The van der Waals surface area contributed by atoms with Crippen LogP contribution in [0.5, 0.6) is 5.75 Å². The zero-order chi connectivity index (χ0) is 25.5. The Morgan fingerprint density at radius 2 is 2.11 bits per heavy atom. The lowest BCUT2D eigenvalue weighted by molar-refractivity contribution is -0.137. The third-order valence-electron chi connectivity index (χ3n) is 7.38. The molecule has 0 saturated carbocycles. The van der Waals surface area contributed by atoms with Crippen molar-refractivity contribution in [3.8, 4) is 5.75 Å². The van der Waals surface area contributed by atoms with Gasteiger partial charge in [-0.3, -0.25) is 9.78 Å². The number of carboxylic acids is 1. The van der Waals surface area contributed by atoms with Gasteiger partial charge in [-0.1, -0.05) is 11.6 Å². The van der Waals surface area contributed by atoms with E-state index in [-0.39, 0.29) is 6.42 Å². The smallest absolute Gasteiger partial charge is 0.303 e. The number of methoxy groups -OCH3 is 1. The molecule has 0 spiro atoms. The van der Waals surface area contributed by atoms with Gasteiger partial charge >= 0.3 is 5.97 Å². The average Bonchev–Trinajstić information content (AvgIpc) is 3.30. The average molecular weight is 531 g/mol. The Bertz CT molecular complexity index is 1150. The zero-order valence-corrected chi connectivity index (χ0v) is 22.3. The van der Waals surface area contributed by atoms with Crippen LogP contribution in [0.25, 0.3) is 10.9 Å². The number of aliphatic hydroxyl groups is 1. The SMILES string of the molecule is COc1ccc2nccc([C@@H](O)CCC3CCN(CCCc4ccc(Cl)s4)CC3CCC(=O)O)c2c1. The summed E-state index contributed by atoms with van der Waals surface area (Å²) in [6.45, 7) is 2.96. The number of halogens is 1. The molecule has 3 heterocycles. The molecule has 0 amide bonds. The van der Waals surface area contributed by atoms with Crippen LogP contribution >= 0.6 is 22.9 Å². The van der Waals surface area contributed by atoms with E-state index in [1.807, 2.05) is 30.3 Å². The topological polar surface area (TPSA) is 82.9 Å². The first-order valence-electron chi connectivity index (χ1n) is 12.7. The molecule has 1 saturated heterocycles. The maximum Gasteiger partial charge on any atom is 0.303 e. The van der Waals surface area contributed by atoms with Gasteiger partial charge in [-0.2, -0.15) is 0 Å². The summed E-state index contributed by atoms with van der Waals surface area (Å²) in [5.41, 5.74) is 1.71. The quantitative estimate of drug-likeness (QED) is 0.290. The zero-order valence-electron chi connectivity index (χ0n) is 20.7. The molecule has 8 heteroatoms. The molecule has 3 atom stereocenters. The molecule has 4 rings (SSSR count). The maximum atomic E-state index is 11.3. The lowest BCUT2D eigenvalue weighted by Crippen LogP contribution is -2.41. The van der Waals surface area contributed by atoms with Crippen LogP contribution < -0.4 is 4.74 Å². The maximum absolute atomic E-state index is 11.3. The first-order valence-corrected chi connectivity index (χ1v) is 13.9. The number of benzene rings is 1. The number of rotatable bonds is 12. The first kappa shape index (κ1) is 26.9. The number of hydrogen-bond donors (Lipinski definition) is 2. The van der Waals surface area contributed by atoms with Crippen molar-refractivity contribution in [3.63, 3.8) is 0 Å². The Morgan fingerprint density at radius 3 is 2.86 bits per heavy atom. The molecule has 194 valence electrons. The summed E-state index contributed by atoms with van der Waals surface area (Å²) < 4.78 is 6.20. The Labute approximate surface area is 221 Å². The van der Waals surface area contributed by atoms with Gasteiger partial charge in [0.1, 0.15) is 5.75 Å². The predicted octanol–water partition coefficient (Wildman–Crippen LogP) is 6.21. The van der Waals surface area contributed by atoms with E-state index >= 15 is 0 Å². The number of piperidine rings is 1. The minimum absolute atomic E-state index is 0.194. The summed E-state index contributed by atoms with van der Waals surface area (Å²) in [6, 6.07) is 11.7. The summed E-state index contributed by atoms with van der Waals surface area (Å²) in [7, 11) is 1.63. The Balaban J connectivity index is 1.35. The molecule has 1 aromatic carbocycles. The second-order valence-electron chi connectivity index (χ2n) is 9.73. The first-order chi connectivity index (χ1) is 17.4. The molecule has 1 aliphatic heterocycles. The van der Waals surface area contributed by atoms with Crippen LogP contribution in [0.1, 0.15) is 55.1 Å². The number of carboxylic acid groups (broad SMARTS) is 1. The van der Waals surface area contributed by atoms with Crippen molar-refractivity contribution in [1.82, 2.24) is 9.88 Å². The van der Waals surface area contributed by atoms with E-state index in [0.29, 0.717) is 24.7 Å². The van der Waals surface area contributed by atoms with E-state index < -0.39 is 12.1 Å². The molecule has 1 aliphatic rings. The Kier molecular flexibility index (Phi) is 9.60. The van der Waals surface area contributed by atoms with E-state index in [2.05, 4.69) is 16.0 Å². The molecule has 3 aromatic rings. The number of fused-ring (bicyclic) bond motifs is 1. The van der Waals surface area contributed by atoms with Crippen molar-refractivity contribution < 1.29 is 19.7 Å². The predicted molar refractivity (Wildman–Crippen MR) is 145 cm³/mol. The molecule has 2 N–H and O–H groups in total. The van der Waals surface area contributed by atoms with Gasteiger partial charge in [-0.25, -0.2) is 0 Å². The summed E-state index contributed by atoms with van der Waals surface area (Å²) in [6.07, 6.45) is 6.67. The van der Waals surface area contributed by atoms with Crippen molar-refractivity contribution in [3.05, 3.63) is 57.4 Å². The van der Waals surface area contributed by atoms with Crippen LogP contribution in [0, 0.1) is 11.8 Å². The number of likely N-dealkylation sites (tertiary alicyclic amines) is 1. The fourth-order valence-corrected chi connectivity index (χ4v) is 6.56. The van der Waals surface area contributed by atoms with Crippen LogP contribution in [0.4, 0.5) is 0 Å². The third kappa shape index (κ3) is 7.19. The van der Waals surface area contributed by atoms with E-state index in [0.717, 1.165) is 71.9 Å². The number of ether oxygens (including phenoxy) is 1. The highest BCUT2D eigenvalue weighted by molar-refractivity contribution is 7.16. The second kappa shape index (κ2) is 12.9. The van der Waals surface area contributed by atoms with Gasteiger partial charge in [-0.05, 0) is 105 Å². The van der Waals surface area contributed by atoms with Crippen LogP contribution in [0.3, 0.4) is 0 Å². The minimum atomic E-state index is -0.738. The van der Waals surface area contributed by atoms with Crippen molar-refractivity contribution in [2.75, 3.05) is 26.7 Å². The highest BCUT2D eigenvalue weighted by Crippen LogP contribution is 2.35. The number of nitrogens with zero attached hydrogens (tertiary/aromatic N) is 2. The van der Waals surface area contributed by atoms with Crippen molar-refractivity contribution >= 4 is 39.8 Å². The van der Waals surface area contributed by atoms with Gasteiger partial charge in [0, 0.05) is 29.4 Å². The van der Waals surface area contributed by atoms with Crippen molar-refractivity contribution in [2.24, 2.45) is 11.8 Å². The third-order valence-corrected chi connectivity index (χ3v) is 8.67. The highest BCUT2D eigenvalue weighted by atomic mass is 35.5. The number of carbonyl (C=O) groups is 1. The Hall–Kier alpha value is -2.19. The molecule has 0 aliphatic carbocycles. The standard InChI is InChI=1S/C28H35ClN2O4S/c1-35-21-6-8-25-24(17-21)23(12-14-30-25)26(32)9-4-19-13-16-31(18-20(19)5-11-28(33)34)15-2-3-22-7-10-27(29)36-22/h6-8,10,12,14,17,19-20,26,32H,2-5,9,11,13,15-16,18H2,1H3,(H,33,34)/t19?,20?,26-/m0/s1. The highest BCUT2D eigenvalue weighted by Gasteiger charge is 2.30. The van der Waals surface area contributed by atoms with E-state index in [9.17, 15) is 15.0 Å². The minimum Gasteiger partial charge on any atom is -0.497 e. The number of thiophene rings is 1. The summed E-state index contributed by atoms with van der Waals surface area (Å²) in [5.74, 6) is 0.742. The van der Waals surface area contributed by atoms with Crippen LogP contribution in [-0.4, -0.2) is 52.8 Å². The molecule has 0 bridgehead atoms. The van der Waals surface area contributed by atoms with E-state index in [1.54, 1.807) is 24.6 Å². The summed E-state index contributed by atoms with van der Waals surface area (Å²) >= 11 is 7.69. The van der Waals surface area contributed by atoms with Crippen LogP contribution in [0.15, 0.2) is 42.6 Å². The monoisotopic (exact) mass is 530 g/mol. The fraction of sp³-hybridized carbons (Fsp3) is 0.500. The lowest BCUT2D eigenvalue weighted by atomic mass is 9.79. The molecule has 36 heavy (non-hydrogen) atoms. The number of pyridine rings is 1. The van der Waals surface area contributed by atoms with Gasteiger partial charge in [0.15, 0.2) is 0 Å². The Morgan fingerprint density at radius 1 is 1.25 bits per heavy atom. The molecular formula is C28H35ClN2O4S. The summed E-state index contributed by atoms with van der Waals surface area (Å²) in [5, 5.41) is 21.3. The molecule has 6 nitrogen and oxygen atoms in total. The van der Waals surface area contributed by atoms with Crippen molar-refractivity contribution in [1.29, 1.82) is 0 Å². The lowest BCUT2D eigenvalue weighted by Gasteiger charge is -2.39. The van der Waals surface area contributed by atoms with Gasteiger partial charge in [-0.15, -0.1) is 11.3 Å². The van der Waals surface area contributed by atoms with Gasteiger partial charge in [0.2, 0.25) is 0 Å². The molecule has 0 radical (unpaired) electrons. The van der Waals surface area contributed by atoms with Crippen molar-refractivity contribution in [2.45, 2.75) is 51.0 Å². The van der Waals surface area contributed by atoms with Crippen LogP contribution in [-0.2, 0) is 11.2 Å². The van der Waals surface area contributed by atoms with Gasteiger partial charge in [0.05, 0.1) is 23.1 Å². The fourth-order valence-electron chi connectivity index (χ4n) is 5.43. The number of aryl methyl sites for hydroxylation is 1. The van der Waals surface area contributed by atoms with E-state index in [4.69, 9.17) is 16.3 Å². The molecule has 1 fully saturated rings. The molecule has 2 aromatic heterocycles. The van der Waals surface area contributed by atoms with Gasteiger partial charge < -0.3 is 19.8 Å². The van der Waals surface area contributed by atoms with Gasteiger partial charge in [0.25, 0.3) is 0 Å². The molecule has 2 unspecified atom stereocenters. The molecular weight excluding hydrogens is 496 g/mol. The second-order valence-corrected chi connectivity index (χ2v) is 11.5. The number of aliphatic carboxylic acids is 1. The van der Waals surface area contributed by atoms with E-state index in [1.165, 1.54) is 4.88 Å². The van der Waals surface area contributed by atoms with Crippen LogP contribution in [0.2, 0.25) is 4.34 Å².